The zero-order chi connectivity index (χ0) is 32.0. The molecule has 0 bridgehead atoms. The molecule has 1 N–H and O–H groups in total. The number of halogens is 3. The van der Waals surface area contributed by atoms with Gasteiger partial charge in [-0.25, -0.2) is 14.4 Å². The number of alkyl halides is 3. The van der Waals surface area contributed by atoms with Gasteiger partial charge < -0.3 is 28.7 Å². The van der Waals surface area contributed by atoms with Gasteiger partial charge in [0, 0.05) is 6.07 Å². The zero-order valence-electron chi connectivity index (χ0n) is 23.6. The molecule has 0 saturated heterocycles. The van der Waals surface area contributed by atoms with Gasteiger partial charge in [0.05, 0.1) is 18.1 Å². The number of esters is 2. The number of methoxy groups -OCH3 is 1. The first-order chi connectivity index (χ1) is 20.9. The maximum absolute atomic E-state index is 14.0. The molecule has 10 nitrogen and oxygen atoms in total. The number of amides is 1. The molecule has 4 rings (SSSR count). The van der Waals surface area contributed by atoms with E-state index in [0.29, 0.717) is 0 Å². The second-order valence-corrected chi connectivity index (χ2v) is 9.71. The number of nitrogens with one attached hydrogen (secondary N) is 1. The van der Waals surface area contributed by atoms with E-state index in [-0.39, 0.29) is 29.1 Å². The summed E-state index contributed by atoms with van der Waals surface area (Å²) in [7, 11) is 1.17. The van der Waals surface area contributed by atoms with Gasteiger partial charge in [-0.1, -0.05) is 44.2 Å². The van der Waals surface area contributed by atoms with Crippen LogP contribution in [-0.2, 0) is 27.1 Å². The first kappa shape index (κ1) is 31.6. The molecule has 0 saturated carbocycles. The molecule has 1 atom stereocenters. The van der Waals surface area contributed by atoms with Gasteiger partial charge in [-0.2, -0.15) is 13.2 Å². The lowest BCUT2D eigenvalue weighted by Gasteiger charge is -2.20. The average molecular weight is 614 g/mol. The third-order valence-electron chi connectivity index (χ3n) is 6.20. The fourth-order valence-corrected chi connectivity index (χ4v) is 3.96. The second-order valence-electron chi connectivity index (χ2n) is 9.71. The molecule has 0 unspecified atom stereocenters. The van der Waals surface area contributed by atoms with Gasteiger partial charge >= 0.3 is 24.2 Å². The highest BCUT2D eigenvalue weighted by Crippen LogP contribution is 2.38. The summed E-state index contributed by atoms with van der Waals surface area (Å²) < 4.78 is 67.3. The second kappa shape index (κ2) is 13.3. The molecule has 13 heteroatoms. The van der Waals surface area contributed by atoms with Crippen LogP contribution in [0.25, 0.3) is 11.0 Å². The number of ether oxygens (including phenoxy) is 4. The van der Waals surface area contributed by atoms with Crippen molar-refractivity contribution >= 4 is 29.0 Å². The number of benzene rings is 3. The van der Waals surface area contributed by atoms with Crippen LogP contribution in [0.4, 0.5) is 18.0 Å². The summed E-state index contributed by atoms with van der Waals surface area (Å²) in [6.45, 7) is 3.24. The molecule has 0 aliphatic rings. The molecular formula is C31H26F3NO9. The molecule has 0 aliphatic heterocycles. The Morgan fingerprint density at radius 3 is 2.20 bits per heavy atom. The predicted octanol–water partition coefficient (Wildman–Crippen LogP) is 6.25. The number of carbonyl (C=O) groups excluding carboxylic acids is 3. The van der Waals surface area contributed by atoms with Crippen molar-refractivity contribution in [3.8, 4) is 17.2 Å². The maximum atomic E-state index is 14.0. The average Bonchev–Trinajstić information content (AvgIpc) is 2.99. The van der Waals surface area contributed by atoms with E-state index in [0.717, 1.165) is 17.7 Å². The van der Waals surface area contributed by atoms with Crippen LogP contribution in [0.5, 0.6) is 17.2 Å². The molecule has 230 valence electrons. The minimum atomic E-state index is -5.14. The van der Waals surface area contributed by atoms with Crippen LogP contribution in [0, 0.1) is 5.92 Å². The molecule has 1 aromatic heterocycles. The summed E-state index contributed by atoms with van der Waals surface area (Å²) in [4.78, 5) is 50.0. The van der Waals surface area contributed by atoms with Crippen LogP contribution in [0.3, 0.4) is 0 Å². The minimum Gasteiger partial charge on any atom is -0.465 e. The quantitative estimate of drug-likeness (QED) is 0.172. The Morgan fingerprint density at radius 1 is 0.932 bits per heavy atom. The topological polar surface area (TPSA) is 130 Å². The highest BCUT2D eigenvalue weighted by atomic mass is 19.4. The van der Waals surface area contributed by atoms with E-state index in [2.05, 4.69) is 10.1 Å². The predicted molar refractivity (Wildman–Crippen MR) is 149 cm³/mol. The molecule has 44 heavy (non-hydrogen) atoms. The van der Waals surface area contributed by atoms with Crippen molar-refractivity contribution in [1.29, 1.82) is 0 Å². The molecule has 0 radical (unpaired) electrons. The van der Waals surface area contributed by atoms with Crippen LogP contribution in [-0.4, -0.2) is 31.2 Å². The number of hydrogen-bond acceptors (Lipinski definition) is 9. The van der Waals surface area contributed by atoms with Crippen molar-refractivity contribution in [2.24, 2.45) is 5.92 Å². The summed E-state index contributed by atoms with van der Waals surface area (Å²) in [5, 5.41) is 2.14. The first-order valence-electron chi connectivity index (χ1n) is 13.1. The van der Waals surface area contributed by atoms with Crippen LogP contribution in [0.2, 0.25) is 0 Å². The van der Waals surface area contributed by atoms with Crippen molar-refractivity contribution in [2.75, 3.05) is 7.11 Å². The van der Waals surface area contributed by atoms with Crippen LogP contribution in [0.15, 0.2) is 82.0 Å². The Hall–Kier alpha value is -5.33. The van der Waals surface area contributed by atoms with Gasteiger partial charge in [0.1, 0.15) is 29.7 Å². The number of fused-ring (bicyclic) bond motifs is 1. The molecule has 0 fully saturated rings. The Labute approximate surface area is 248 Å². The first-order valence-corrected chi connectivity index (χ1v) is 13.1. The van der Waals surface area contributed by atoms with Crippen molar-refractivity contribution < 1.29 is 50.9 Å². The molecule has 1 amide bonds. The number of alkyl carbamates (subject to hydrolysis) is 1. The van der Waals surface area contributed by atoms with E-state index in [4.69, 9.17) is 18.6 Å². The van der Waals surface area contributed by atoms with Crippen molar-refractivity contribution in [3.05, 3.63) is 99.9 Å². The summed E-state index contributed by atoms with van der Waals surface area (Å²) in [6, 6.07) is 15.8. The third kappa shape index (κ3) is 7.54. The maximum Gasteiger partial charge on any atom is 0.453 e. The van der Waals surface area contributed by atoms with E-state index in [1.54, 1.807) is 44.2 Å². The van der Waals surface area contributed by atoms with Gasteiger partial charge in [-0.05, 0) is 47.9 Å². The van der Waals surface area contributed by atoms with E-state index in [1.165, 1.54) is 37.4 Å². The van der Waals surface area contributed by atoms with Crippen LogP contribution >= 0.6 is 0 Å². The van der Waals surface area contributed by atoms with Crippen molar-refractivity contribution in [2.45, 2.75) is 32.7 Å². The summed E-state index contributed by atoms with van der Waals surface area (Å²) in [5.41, 5.74) is -0.830. The highest BCUT2D eigenvalue weighted by molar-refractivity contribution is 5.89. The van der Waals surface area contributed by atoms with Gasteiger partial charge in [0.2, 0.25) is 11.2 Å². The molecule has 1 heterocycles. The lowest BCUT2D eigenvalue weighted by molar-refractivity contribution is -0.154. The van der Waals surface area contributed by atoms with Gasteiger partial charge in [0.25, 0.3) is 5.76 Å². The third-order valence-corrected chi connectivity index (χ3v) is 6.20. The summed E-state index contributed by atoms with van der Waals surface area (Å²) >= 11 is 0. The van der Waals surface area contributed by atoms with Crippen molar-refractivity contribution in [3.63, 3.8) is 0 Å². The number of hydrogen-bond donors (Lipinski definition) is 1. The molecule has 4 aromatic rings. The van der Waals surface area contributed by atoms with E-state index >= 15 is 0 Å². The van der Waals surface area contributed by atoms with Gasteiger partial charge in [-0.3, -0.25) is 4.79 Å². The Bertz CT molecular complexity index is 1720. The van der Waals surface area contributed by atoms with E-state index in [9.17, 15) is 32.3 Å². The van der Waals surface area contributed by atoms with Crippen LogP contribution < -0.4 is 20.2 Å². The Kier molecular flexibility index (Phi) is 9.57. The lowest BCUT2D eigenvalue weighted by atomic mass is 10.1. The SMILES string of the molecule is COC(=O)c1ccc(Oc2c(C(F)(F)F)oc3cc(OC(=O)[C@H](NC(=O)OCc4ccccc4)C(C)C)ccc3c2=O)cc1. The Balaban J connectivity index is 1.56. The molecule has 3 aromatic carbocycles. The number of rotatable bonds is 9. The Morgan fingerprint density at radius 2 is 1.59 bits per heavy atom. The monoisotopic (exact) mass is 613 g/mol. The lowest BCUT2D eigenvalue weighted by Crippen LogP contribution is -2.46. The van der Waals surface area contributed by atoms with Crippen LogP contribution in [0.1, 0.15) is 35.5 Å². The zero-order valence-corrected chi connectivity index (χ0v) is 23.6. The van der Waals surface area contributed by atoms with E-state index < -0.39 is 58.7 Å². The highest BCUT2D eigenvalue weighted by Gasteiger charge is 2.40. The normalized spacial score (nSPS) is 12.0. The summed E-state index contributed by atoms with van der Waals surface area (Å²) in [6.07, 6.45) is -6.02. The van der Waals surface area contributed by atoms with Gasteiger partial charge in [-0.15, -0.1) is 0 Å². The number of carbonyl (C=O) groups is 3. The van der Waals surface area contributed by atoms with Gasteiger partial charge in [0.15, 0.2) is 0 Å². The smallest absolute Gasteiger partial charge is 0.453 e. The fraction of sp³-hybridized carbons (Fsp3) is 0.226. The minimum absolute atomic E-state index is 0.0394. The molecular weight excluding hydrogens is 587 g/mol. The van der Waals surface area contributed by atoms with E-state index in [1.807, 2.05) is 0 Å². The fourth-order valence-electron chi connectivity index (χ4n) is 3.96. The largest absolute Gasteiger partial charge is 0.465 e. The molecule has 0 aliphatic carbocycles. The van der Waals surface area contributed by atoms with Crippen molar-refractivity contribution in [1.82, 2.24) is 5.32 Å². The molecule has 0 spiro atoms. The summed E-state index contributed by atoms with van der Waals surface area (Å²) in [5.74, 6) is -5.32. The standard InChI is InChI=1S/C31H26F3NO9/c1-17(2)24(35-30(39)41-16-18-7-5-4-6-8-18)29(38)43-21-13-14-22-23(15-21)44-27(31(32,33)34)26(25(22)36)42-20-11-9-19(10-12-20)28(37)40-3/h4-15,17,24H,16H2,1-3H3,(H,35,39)/t24-/m1/s1.